The lowest BCUT2D eigenvalue weighted by molar-refractivity contribution is -0.131. The van der Waals surface area contributed by atoms with Gasteiger partial charge in [0, 0.05) is 30.2 Å². The number of carbonyl (C=O) groups is 2. The summed E-state index contributed by atoms with van der Waals surface area (Å²) in [5.74, 6) is -1.22. The van der Waals surface area contributed by atoms with E-state index in [9.17, 15) is 14.7 Å². The van der Waals surface area contributed by atoms with Crippen molar-refractivity contribution in [1.29, 1.82) is 0 Å². The van der Waals surface area contributed by atoms with Gasteiger partial charge in [-0.25, -0.2) is 0 Å². The maximum Gasteiger partial charge on any atom is 0.158 e. The molecule has 0 unspecified atom stereocenters. The van der Waals surface area contributed by atoms with Crippen LogP contribution in [-0.2, 0) is 9.59 Å². The molecule has 0 amide bonds. The van der Waals surface area contributed by atoms with Crippen molar-refractivity contribution in [2.24, 2.45) is 5.92 Å². The van der Waals surface area contributed by atoms with Crippen molar-refractivity contribution in [3.63, 3.8) is 0 Å². The van der Waals surface area contributed by atoms with Gasteiger partial charge >= 0.3 is 0 Å². The van der Waals surface area contributed by atoms with Crippen molar-refractivity contribution >= 4 is 11.6 Å². The minimum atomic E-state index is -1.19. The first-order valence-corrected chi connectivity index (χ1v) is 8.05. The van der Waals surface area contributed by atoms with Crippen molar-refractivity contribution in [3.8, 4) is 0 Å². The molecule has 0 heterocycles. The van der Waals surface area contributed by atoms with Gasteiger partial charge in [0.05, 0.1) is 11.5 Å². The SMILES string of the molecule is CCNC1=C(C(C)=O)[C@H](c2ccccc2)[C@@H](C(C)=O)[C@@](C)(O)C1. The van der Waals surface area contributed by atoms with Crippen LogP contribution in [0.4, 0.5) is 0 Å². The molecule has 1 aromatic carbocycles. The van der Waals surface area contributed by atoms with Crippen LogP contribution < -0.4 is 5.32 Å². The van der Waals surface area contributed by atoms with Gasteiger partial charge in [-0.15, -0.1) is 0 Å². The predicted molar refractivity (Wildman–Crippen MR) is 90.0 cm³/mol. The van der Waals surface area contributed by atoms with Crippen LogP contribution in [0.3, 0.4) is 0 Å². The van der Waals surface area contributed by atoms with Crippen LogP contribution in [0, 0.1) is 5.92 Å². The molecule has 0 fully saturated rings. The Hall–Kier alpha value is -1.94. The van der Waals surface area contributed by atoms with Gasteiger partial charge in [0.2, 0.25) is 0 Å². The van der Waals surface area contributed by atoms with Crippen LogP contribution in [-0.4, -0.2) is 28.8 Å². The molecule has 0 aromatic heterocycles. The number of benzene rings is 1. The molecule has 0 saturated carbocycles. The summed E-state index contributed by atoms with van der Waals surface area (Å²) in [5, 5.41) is 14.1. The highest BCUT2D eigenvalue weighted by atomic mass is 16.3. The van der Waals surface area contributed by atoms with E-state index >= 15 is 0 Å². The molecule has 2 N–H and O–H groups in total. The molecule has 1 aliphatic rings. The molecule has 0 aliphatic heterocycles. The highest BCUT2D eigenvalue weighted by Crippen LogP contribution is 2.46. The average Bonchev–Trinajstić information content (AvgIpc) is 2.45. The molecule has 0 spiro atoms. The van der Waals surface area contributed by atoms with Gasteiger partial charge in [0.15, 0.2) is 5.78 Å². The van der Waals surface area contributed by atoms with Gasteiger partial charge in [-0.3, -0.25) is 9.59 Å². The van der Waals surface area contributed by atoms with Gasteiger partial charge in [-0.05, 0) is 33.3 Å². The fourth-order valence-corrected chi connectivity index (χ4v) is 3.77. The summed E-state index contributed by atoms with van der Waals surface area (Å²) in [6.07, 6.45) is 0.281. The molecule has 124 valence electrons. The van der Waals surface area contributed by atoms with Crippen molar-refractivity contribution in [3.05, 3.63) is 47.2 Å². The number of hydrogen-bond donors (Lipinski definition) is 2. The fraction of sp³-hybridized carbons (Fsp3) is 0.474. The second-order valence-corrected chi connectivity index (χ2v) is 6.49. The van der Waals surface area contributed by atoms with Crippen LogP contribution in [0.15, 0.2) is 41.6 Å². The second kappa shape index (κ2) is 6.67. The zero-order valence-corrected chi connectivity index (χ0v) is 14.2. The Kier molecular flexibility index (Phi) is 5.05. The molecule has 2 rings (SSSR count). The van der Waals surface area contributed by atoms with Gasteiger partial charge in [-0.1, -0.05) is 30.3 Å². The Morgan fingerprint density at radius 3 is 2.35 bits per heavy atom. The van der Waals surface area contributed by atoms with Crippen LogP contribution in [0.5, 0.6) is 0 Å². The maximum absolute atomic E-state index is 12.4. The first-order chi connectivity index (χ1) is 10.8. The second-order valence-electron chi connectivity index (χ2n) is 6.49. The molecule has 4 heteroatoms. The van der Waals surface area contributed by atoms with Crippen LogP contribution in [0.25, 0.3) is 0 Å². The van der Waals surface area contributed by atoms with Gasteiger partial charge in [0.1, 0.15) is 5.78 Å². The minimum Gasteiger partial charge on any atom is -0.389 e. The highest BCUT2D eigenvalue weighted by Gasteiger charge is 2.48. The zero-order chi connectivity index (χ0) is 17.2. The van der Waals surface area contributed by atoms with Gasteiger partial charge < -0.3 is 10.4 Å². The third kappa shape index (κ3) is 3.37. The van der Waals surface area contributed by atoms with E-state index in [4.69, 9.17) is 0 Å². The first kappa shape index (κ1) is 17.4. The highest BCUT2D eigenvalue weighted by molar-refractivity contribution is 5.98. The zero-order valence-electron chi connectivity index (χ0n) is 14.2. The topological polar surface area (TPSA) is 66.4 Å². The van der Waals surface area contributed by atoms with Crippen LogP contribution in [0.1, 0.15) is 45.6 Å². The normalized spacial score (nSPS) is 27.7. The summed E-state index contributed by atoms with van der Waals surface area (Å²) in [7, 11) is 0. The van der Waals surface area contributed by atoms with Crippen LogP contribution in [0.2, 0.25) is 0 Å². The minimum absolute atomic E-state index is 0.0587. The number of nitrogens with one attached hydrogen (secondary N) is 1. The third-order valence-corrected chi connectivity index (χ3v) is 4.54. The van der Waals surface area contributed by atoms with E-state index < -0.39 is 17.4 Å². The van der Waals surface area contributed by atoms with E-state index in [1.54, 1.807) is 6.92 Å². The number of hydrogen-bond acceptors (Lipinski definition) is 4. The largest absolute Gasteiger partial charge is 0.389 e. The van der Waals surface area contributed by atoms with E-state index in [0.717, 1.165) is 11.3 Å². The van der Waals surface area contributed by atoms with E-state index in [2.05, 4.69) is 5.32 Å². The molecule has 0 bridgehead atoms. The maximum atomic E-state index is 12.4. The Balaban J connectivity index is 2.71. The van der Waals surface area contributed by atoms with Crippen molar-refractivity contribution < 1.29 is 14.7 Å². The monoisotopic (exact) mass is 315 g/mol. The predicted octanol–water partition coefficient (Wildman–Crippen LogP) is 2.58. The summed E-state index contributed by atoms with van der Waals surface area (Å²) in [4.78, 5) is 24.7. The van der Waals surface area contributed by atoms with E-state index in [1.807, 2.05) is 37.3 Å². The van der Waals surface area contributed by atoms with Gasteiger partial charge in [-0.2, -0.15) is 0 Å². The molecule has 1 aromatic rings. The molecular formula is C19H25NO3. The molecule has 1 aliphatic carbocycles. The number of aliphatic hydroxyl groups is 1. The lowest BCUT2D eigenvalue weighted by Crippen LogP contribution is -2.49. The Morgan fingerprint density at radius 1 is 1.26 bits per heavy atom. The summed E-state index contributed by atoms with van der Waals surface area (Å²) in [6, 6.07) is 9.50. The smallest absolute Gasteiger partial charge is 0.158 e. The van der Waals surface area contributed by atoms with E-state index in [1.165, 1.54) is 13.8 Å². The Labute approximate surface area is 137 Å². The fourth-order valence-electron chi connectivity index (χ4n) is 3.77. The van der Waals surface area contributed by atoms with Crippen molar-refractivity contribution in [2.45, 2.75) is 45.6 Å². The third-order valence-electron chi connectivity index (χ3n) is 4.54. The lowest BCUT2D eigenvalue weighted by atomic mass is 9.64. The Bertz CT molecular complexity index is 631. The molecule has 0 saturated heterocycles. The van der Waals surface area contributed by atoms with Crippen LogP contribution >= 0.6 is 0 Å². The number of rotatable bonds is 5. The number of ketones is 2. The molecule has 3 atom stereocenters. The number of allylic oxidation sites excluding steroid dienone is 1. The lowest BCUT2D eigenvalue weighted by Gasteiger charge is -2.43. The van der Waals surface area contributed by atoms with Gasteiger partial charge in [0.25, 0.3) is 0 Å². The molecule has 4 nitrogen and oxygen atoms in total. The first-order valence-electron chi connectivity index (χ1n) is 8.05. The summed E-state index contributed by atoms with van der Waals surface area (Å²) in [5.41, 5.74) is 1.05. The molecule has 23 heavy (non-hydrogen) atoms. The number of Topliss-reactive ketones (excluding diaryl/α,β-unsaturated/α-hetero) is 2. The van der Waals surface area contributed by atoms with E-state index in [0.29, 0.717) is 12.1 Å². The quantitative estimate of drug-likeness (QED) is 0.876. The van der Waals surface area contributed by atoms with Crippen molar-refractivity contribution in [2.75, 3.05) is 6.54 Å². The summed E-state index contributed by atoms with van der Waals surface area (Å²) < 4.78 is 0. The molecular weight excluding hydrogens is 290 g/mol. The van der Waals surface area contributed by atoms with Crippen molar-refractivity contribution in [1.82, 2.24) is 5.32 Å². The standard InChI is InChI=1S/C19H25NO3/c1-5-20-15-11-19(4,23)18(13(3)22)17(16(15)12(2)21)14-9-7-6-8-10-14/h6-10,17-18,20,23H,5,11H2,1-4H3/t17-,18+,19-/m0/s1. The molecule has 0 radical (unpaired) electrons. The average molecular weight is 315 g/mol. The summed E-state index contributed by atoms with van der Waals surface area (Å²) in [6.45, 7) is 7.32. The number of carbonyl (C=O) groups excluding carboxylic acids is 2. The summed E-state index contributed by atoms with van der Waals surface area (Å²) >= 11 is 0. The van der Waals surface area contributed by atoms with E-state index in [-0.39, 0.29) is 18.0 Å². The Morgan fingerprint density at radius 2 is 1.87 bits per heavy atom.